The van der Waals surface area contributed by atoms with Crippen LogP contribution in [-0.4, -0.2) is 47.4 Å². The Morgan fingerprint density at radius 2 is 2.20 bits per heavy atom. The van der Waals surface area contributed by atoms with E-state index in [0.717, 1.165) is 30.9 Å². The lowest BCUT2D eigenvalue weighted by atomic mass is 10.1. The predicted molar refractivity (Wildman–Crippen MR) is 98.5 cm³/mol. The third-order valence-electron chi connectivity index (χ3n) is 4.15. The molecule has 2 aromatic rings. The molecule has 0 aliphatic carbocycles. The molecule has 1 N–H and O–H groups in total. The molecule has 0 spiro atoms. The number of aromatic nitrogens is 3. The topological polar surface area (TPSA) is 80.2 Å². The number of hydrogen-bond donors (Lipinski definition) is 1. The van der Waals surface area contributed by atoms with Gasteiger partial charge in [-0.05, 0) is 18.6 Å². The summed E-state index contributed by atoms with van der Waals surface area (Å²) in [6.07, 6.45) is 3.87. The van der Waals surface area contributed by atoms with E-state index in [-0.39, 0.29) is 5.91 Å². The van der Waals surface area contributed by atoms with Crippen molar-refractivity contribution in [2.45, 2.75) is 32.6 Å². The van der Waals surface area contributed by atoms with Gasteiger partial charge in [-0.2, -0.15) is 0 Å². The number of morpholine rings is 1. The summed E-state index contributed by atoms with van der Waals surface area (Å²) in [6, 6.07) is 3.56. The fourth-order valence-corrected chi connectivity index (χ4v) is 3.63. The molecule has 1 atom stereocenters. The van der Waals surface area contributed by atoms with Crippen LogP contribution in [0.3, 0.4) is 0 Å². The highest BCUT2D eigenvalue weighted by atomic mass is 32.1. The lowest BCUT2D eigenvalue weighted by molar-refractivity contribution is 0.102. The molecule has 1 aliphatic heterocycles. The van der Waals surface area contributed by atoms with E-state index in [1.165, 1.54) is 11.3 Å². The van der Waals surface area contributed by atoms with Crippen molar-refractivity contribution in [2.75, 3.05) is 36.5 Å². The summed E-state index contributed by atoms with van der Waals surface area (Å²) in [4.78, 5) is 19.2. The molecular formula is C17H23N5O2S. The summed E-state index contributed by atoms with van der Waals surface area (Å²) < 4.78 is 5.38. The van der Waals surface area contributed by atoms with Crippen LogP contribution in [0.15, 0.2) is 18.3 Å². The van der Waals surface area contributed by atoms with Gasteiger partial charge in [0.25, 0.3) is 5.91 Å². The fraction of sp³-hybridized carbons (Fsp3) is 0.529. The predicted octanol–water partition coefficient (Wildman–Crippen LogP) is 2.93. The van der Waals surface area contributed by atoms with E-state index >= 15 is 0 Å². The van der Waals surface area contributed by atoms with Crippen LogP contribution in [0.25, 0.3) is 0 Å². The molecule has 3 heterocycles. The number of anilines is 2. The second-order valence-electron chi connectivity index (χ2n) is 6.06. The van der Waals surface area contributed by atoms with Crippen molar-refractivity contribution in [3.05, 3.63) is 28.9 Å². The molecule has 1 aliphatic rings. The average molecular weight is 361 g/mol. The van der Waals surface area contributed by atoms with Crippen molar-refractivity contribution in [1.82, 2.24) is 15.2 Å². The molecule has 134 valence electrons. The molecule has 0 unspecified atom stereocenters. The van der Waals surface area contributed by atoms with E-state index in [9.17, 15) is 4.79 Å². The number of amides is 1. The Kier molecular flexibility index (Phi) is 5.93. The van der Waals surface area contributed by atoms with E-state index in [0.29, 0.717) is 35.6 Å². The van der Waals surface area contributed by atoms with Crippen LogP contribution in [0.5, 0.6) is 0 Å². The van der Waals surface area contributed by atoms with E-state index in [1.54, 1.807) is 18.3 Å². The highest BCUT2D eigenvalue weighted by molar-refractivity contribution is 7.15. The van der Waals surface area contributed by atoms with Crippen molar-refractivity contribution in [2.24, 2.45) is 0 Å². The van der Waals surface area contributed by atoms with E-state index in [1.807, 2.05) is 0 Å². The Labute approximate surface area is 151 Å². The molecule has 0 aromatic carbocycles. The summed E-state index contributed by atoms with van der Waals surface area (Å²) in [6.45, 7) is 7.03. The second-order valence-corrected chi connectivity index (χ2v) is 7.07. The number of carbonyl (C=O) groups excluding carboxylic acids is 1. The maximum atomic E-state index is 12.7. The highest BCUT2D eigenvalue weighted by Gasteiger charge is 2.21. The Hall–Kier alpha value is -2.06. The summed E-state index contributed by atoms with van der Waals surface area (Å²) in [7, 11) is 0. The first-order valence-corrected chi connectivity index (χ1v) is 9.43. The molecule has 0 bridgehead atoms. The zero-order valence-electron chi connectivity index (χ0n) is 14.6. The van der Waals surface area contributed by atoms with Crippen molar-refractivity contribution in [3.8, 4) is 0 Å². The maximum Gasteiger partial charge on any atom is 0.261 e. The molecule has 0 radical (unpaired) electrons. The van der Waals surface area contributed by atoms with Crippen LogP contribution < -0.4 is 10.2 Å². The van der Waals surface area contributed by atoms with Gasteiger partial charge < -0.3 is 9.64 Å². The van der Waals surface area contributed by atoms with Gasteiger partial charge in [0.15, 0.2) is 0 Å². The van der Waals surface area contributed by atoms with Gasteiger partial charge in [-0.1, -0.05) is 31.6 Å². The van der Waals surface area contributed by atoms with E-state index < -0.39 is 0 Å². The lowest BCUT2D eigenvalue weighted by Crippen LogP contribution is -2.38. The van der Waals surface area contributed by atoms with Crippen LogP contribution in [0.1, 0.15) is 48.0 Å². The van der Waals surface area contributed by atoms with Crippen LogP contribution >= 0.6 is 11.3 Å². The second kappa shape index (κ2) is 8.35. The molecule has 25 heavy (non-hydrogen) atoms. The summed E-state index contributed by atoms with van der Waals surface area (Å²) in [5.74, 6) is 0.836. The quantitative estimate of drug-likeness (QED) is 0.852. The van der Waals surface area contributed by atoms with Gasteiger partial charge in [-0.25, -0.2) is 4.98 Å². The van der Waals surface area contributed by atoms with Crippen LogP contribution in [-0.2, 0) is 4.74 Å². The monoisotopic (exact) mass is 361 g/mol. The Morgan fingerprint density at radius 3 is 2.96 bits per heavy atom. The molecule has 2 aromatic heterocycles. The maximum absolute atomic E-state index is 12.7. The fourth-order valence-electron chi connectivity index (χ4n) is 2.81. The average Bonchev–Trinajstić information content (AvgIpc) is 3.11. The van der Waals surface area contributed by atoms with Gasteiger partial charge in [0.1, 0.15) is 10.8 Å². The third kappa shape index (κ3) is 4.32. The summed E-state index contributed by atoms with van der Waals surface area (Å²) >= 11 is 1.44. The standard InChI is InChI=1S/C17H23N5O2S/c1-3-5-12(2)16-20-21-17(25-16)19-15(23)13-6-4-7-18-14(13)22-8-10-24-11-9-22/h4,6-7,12H,3,5,8-11H2,1-2H3,(H,19,21,23)/t12-/m0/s1. The van der Waals surface area contributed by atoms with Crippen molar-refractivity contribution in [1.29, 1.82) is 0 Å². The number of hydrogen-bond acceptors (Lipinski definition) is 7. The number of carbonyl (C=O) groups is 1. The molecule has 8 heteroatoms. The van der Waals surface area contributed by atoms with Crippen LogP contribution in [0, 0.1) is 0 Å². The smallest absolute Gasteiger partial charge is 0.261 e. The summed E-state index contributed by atoms with van der Waals surface area (Å²) in [5, 5.41) is 12.7. The summed E-state index contributed by atoms with van der Waals surface area (Å²) in [5.41, 5.74) is 0.544. The number of nitrogens with zero attached hydrogens (tertiary/aromatic N) is 4. The molecule has 1 amide bonds. The molecule has 1 fully saturated rings. The van der Waals surface area contributed by atoms with Gasteiger partial charge in [0.2, 0.25) is 5.13 Å². The Bertz CT molecular complexity index is 715. The van der Waals surface area contributed by atoms with Gasteiger partial charge in [-0.3, -0.25) is 10.1 Å². The van der Waals surface area contributed by atoms with Gasteiger partial charge in [0, 0.05) is 25.2 Å². The number of pyridine rings is 1. The van der Waals surface area contributed by atoms with E-state index in [2.05, 4.69) is 39.2 Å². The molecule has 3 rings (SSSR count). The van der Waals surface area contributed by atoms with Gasteiger partial charge in [0.05, 0.1) is 18.8 Å². The first kappa shape index (κ1) is 17.8. The SMILES string of the molecule is CCC[C@H](C)c1nnc(NC(=O)c2cccnc2N2CCOCC2)s1. The molecule has 0 saturated carbocycles. The van der Waals surface area contributed by atoms with E-state index in [4.69, 9.17) is 4.74 Å². The third-order valence-corrected chi connectivity index (χ3v) is 5.22. The largest absolute Gasteiger partial charge is 0.378 e. The van der Waals surface area contributed by atoms with Crippen LogP contribution in [0.2, 0.25) is 0 Å². The van der Waals surface area contributed by atoms with Crippen molar-refractivity contribution in [3.63, 3.8) is 0 Å². The van der Waals surface area contributed by atoms with Crippen molar-refractivity contribution < 1.29 is 9.53 Å². The normalized spacial score (nSPS) is 15.8. The first-order valence-electron chi connectivity index (χ1n) is 8.61. The molecule has 7 nitrogen and oxygen atoms in total. The van der Waals surface area contributed by atoms with Gasteiger partial charge in [-0.15, -0.1) is 10.2 Å². The minimum atomic E-state index is -0.208. The van der Waals surface area contributed by atoms with Crippen LogP contribution in [0.4, 0.5) is 10.9 Å². The lowest BCUT2D eigenvalue weighted by Gasteiger charge is -2.28. The zero-order chi connectivity index (χ0) is 17.6. The Balaban J connectivity index is 1.73. The number of ether oxygens (including phenoxy) is 1. The van der Waals surface area contributed by atoms with Crippen molar-refractivity contribution >= 4 is 28.2 Å². The highest BCUT2D eigenvalue weighted by Crippen LogP contribution is 2.27. The number of rotatable bonds is 6. The first-order chi connectivity index (χ1) is 12.2. The number of nitrogens with one attached hydrogen (secondary N) is 1. The Morgan fingerprint density at radius 1 is 1.40 bits per heavy atom. The van der Waals surface area contributed by atoms with Gasteiger partial charge >= 0.3 is 0 Å². The molecule has 1 saturated heterocycles. The minimum Gasteiger partial charge on any atom is -0.378 e. The zero-order valence-corrected chi connectivity index (χ0v) is 15.4. The minimum absolute atomic E-state index is 0.208. The molecular weight excluding hydrogens is 338 g/mol.